The number of ether oxygens (including phenoxy) is 1. The maximum absolute atomic E-state index is 8.40. The first-order chi connectivity index (χ1) is 6.78. The quantitative estimate of drug-likeness (QED) is 0.290. The van der Waals surface area contributed by atoms with Crippen LogP contribution in [-0.2, 0) is 4.74 Å². The Balaban J connectivity index is 1.77. The highest BCUT2D eigenvalue weighted by atomic mass is 16.5. The molecule has 0 radical (unpaired) electrons. The molecule has 0 saturated carbocycles. The second-order valence-corrected chi connectivity index (χ2v) is 4.06. The number of hydrogen-bond acceptors (Lipinski definition) is 4. The Labute approximate surface area is 83.5 Å². The van der Waals surface area contributed by atoms with Gasteiger partial charge in [-0.25, -0.2) is 0 Å². The number of rotatable bonds is 3. The van der Waals surface area contributed by atoms with E-state index >= 15 is 0 Å². The molecule has 0 aromatic carbocycles. The minimum Gasteiger partial charge on any atom is -0.409 e. The van der Waals surface area contributed by atoms with Crippen molar-refractivity contribution in [1.29, 1.82) is 0 Å². The third kappa shape index (κ3) is 2.16. The van der Waals surface area contributed by atoms with E-state index in [-0.39, 0.29) is 0 Å². The normalized spacial score (nSPS) is 33.6. The molecule has 0 amide bonds. The average Bonchev–Trinajstić information content (AvgIpc) is 2.54. The summed E-state index contributed by atoms with van der Waals surface area (Å²) in [5, 5.41) is 11.4. The minimum absolute atomic E-state index is 0.309. The van der Waals surface area contributed by atoms with E-state index < -0.39 is 0 Å². The number of amidine groups is 1. The van der Waals surface area contributed by atoms with Crippen molar-refractivity contribution in [1.82, 2.24) is 4.90 Å². The van der Waals surface area contributed by atoms with Gasteiger partial charge in [0, 0.05) is 26.1 Å². The van der Waals surface area contributed by atoms with E-state index in [2.05, 4.69) is 10.1 Å². The Kier molecular flexibility index (Phi) is 2.88. The molecule has 0 aromatic heterocycles. The summed E-state index contributed by atoms with van der Waals surface area (Å²) in [6.45, 7) is 2.86. The van der Waals surface area contributed by atoms with E-state index in [0.29, 0.717) is 24.5 Å². The van der Waals surface area contributed by atoms with Gasteiger partial charge in [0.2, 0.25) is 0 Å². The zero-order valence-corrected chi connectivity index (χ0v) is 8.22. The number of nitrogens with two attached hydrogens (primary N) is 1. The lowest BCUT2D eigenvalue weighted by atomic mass is 10.2. The van der Waals surface area contributed by atoms with E-state index in [0.717, 1.165) is 19.6 Å². The summed E-state index contributed by atoms with van der Waals surface area (Å²) in [6, 6.07) is 0. The SMILES string of the molecule is NC(CCN1CC2CCC(C1)O2)=NO. The maximum atomic E-state index is 8.40. The molecule has 2 unspecified atom stereocenters. The standard InChI is InChI=1S/C9H17N3O2/c10-9(11-13)3-4-12-5-7-1-2-8(6-12)14-7/h7-8,13H,1-6H2,(H2,10,11). The lowest BCUT2D eigenvalue weighted by Gasteiger charge is -2.31. The third-order valence-electron chi connectivity index (χ3n) is 2.93. The Morgan fingerprint density at radius 2 is 2.07 bits per heavy atom. The predicted molar refractivity (Wildman–Crippen MR) is 52.4 cm³/mol. The van der Waals surface area contributed by atoms with Crippen LogP contribution >= 0.6 is 0 Å². The van der Waals surface area contributed by atoms with Crippen molar-refractivity contribution in [3.63, 3.8) is 0 Å². The molecule has 5 nitrogen and oxygen atoms in total. The molecule has 2 aliphatic rings. The summed E-state index contributed by atoms with van der Waals surface area (Å²) in [7, 11) is 0. The highest BCUT2D eigenvalue weighted by Crippen LogP contribution is 2.25. The molecule has 0 aromatic rings. The second-order valence-electron chi connectivity index (χ2n) is 4.06. The van der Waals surface area contributed by atoms with Crippen LogP contribution in [0.2, 0.25) is 0 Å². The molecule has 2 atom stereocenters. The van der Waals surface area contributed by atoms with Gasteiger partial charge in [0.25, 0.3) is 0 Å². The van der Waals surface area contributed by atoms with Gasteiger partial charge >= 0.3 is 0 Å². The largest absolute Gasteiger partial charge is 0.409 e. The molecule has 0 spiro atoms. The number of nitrogens with zero attached hydrogens (tertiary/aromatic N) is 2. The Morgan fingerprint density at radius 1 is 1.43 bits per heavy atom. The summed E-state index contributed by atoms with van der Waals surface area (Å²) in [5.74, 6) is 0.309. The van der Waals surface area contributed by atoms with E-state index in [1.54, 1.807) is 0 Å². The fraction of sp³-hybridized carbons (Fsp3) is 0.889. The summed E-state index contributed by atoms with van der Waals surface area (Å²) in [5.41, 5.74) is 5.42. The first kappa shape index (κ1) is 9.73. The molecular formula is C9H17N3O2. The van der Waals surface area contributed by atoms with E-state index in [1.165, 1.54) is 12.8 Å². The molecule has 2 rings (SSSR count). The van der Waals surface area contributed by atoms with Crippen LogP contribution in [0.1, 0.15) is 19.3 Å². The lowest BCUT2D eigenvalue weighted by molar-refractivity contribution is -0.0373. The van der Waals surface area contributed by atoms with Gasteiger partial charge in [-0.15, -0.1) is 0 Å². The molecule has 14 heavy (non-hydrogen) atoms. The van der Waals surface area contributed by atoms with Crippen molar-refractivity contribution < 1.29 is 9.94 Å². The van der Waals surface area contributed by atoms with E-state index in [4.69, 9.17) is 15.7 Å². The van der Waals surface area contributed by atoms with Crippen molar-refractivity contribution in [3.05, 3.63) is 0 Å². The predicted octanol–water partition coefficient (Wildman–Crippen LogP) is -0.0139. The lowest BCUT2D eigenvalue weighted by Crippen LogP contribution is -2.43. The Hall–Kier alpha value is -0.810. The average molecular weight is 199 g/mol. The van der Waals surface area contributed by atoms with E-state index in [9.17, 15) is 0 Å². The molecule has 2 bridgehead atoms. The summed E-state index contributed by atoms with van der Waals surface area (Å²) < 4.78 is 5.71. The van der Waals surface area contributed by atoms with Crippen molar-refractivity contribution in [2.24, 2.45) is 10.9 Å². The molecule has 2 heterocycles. The van der Waals surface area contributed by atoms with Crippen LogP contribution in [0.4, 0.5) is 0 Å². The smallest absolute Gasteiger partial charge is 0.140 e. The number of morpholine rings is 1. The summed E-state index contributed by atoms with van der Waals surface area (Å²) in [6.07, 6.45) is 3.84. The molecule has 2 fully saturated rings. The van der Waals surface area contributed by atoms with Crippen molar-refractivity contribution in [2.45, 2.75) is 31.5 Å². The van der Waals surface area contributed by atoms with Crippen LogP contribution in [0.15, 0.2) is 5.16 Å². The Morgan fingerprint density at radius 3 is 2.64 bits per heavy atom. The molecule has 3 N–H and O–H groups in total. The van der Waals surface area contributed by atoms with Gasteiger partial charge in [0.1, 0.15) is 5.84 Å². The van der Waals surface area contributed by atoms with Gasteiger partial charge in [0.05, 0.1) is 12.2 Å². The first-order valence-electron chi connectivity index (χ1n) is 5.12. The summed E-state index contributed by atoms with van der Waals surface area (Å²) in [4.78, 5) is 2.34. The zero-order valence-electron chi connectivity index (χ0n) is 8.22. The molecule has 0 aliphatic carbocycles. The van der Waals surface area contributed by atoms with Gasteiger partial charge in [-0.05, 0) is 12.8 Å². The number of oxime groups is 1. The van der Waals surface area contributed by atoms with Gasteiger partial charge in [-0.1, -0.05) is 5.16 Å². The van der Waals surface area contributed by atoms with Crippen molar-refractivity contribution in [3.8, 4) is 0 Å². The monoisotopic (exact) mass is 199 g/mol. The molecule has 2 saturated heterocycles. The zero-order chi connectivity index (χ0) is 9.97. The molecule has 2 aliphatic heterocycles. The van der Waals surface area contributed by atoms with Crippen LogP contribution in [0.3, 0.4) is 0 Å². The summed E-state index contributed by atoms with van der Waals surface area (Å²) >= 11 is 0. The highest BCUT2D eigenvalue weighted by molar-refractivity contribution is 5.79. The molecular weight excluding hydrogens is 182 g/mol. The van der Waals surface area contributed by atoms with Gasteiger partial charge in [-0.2, -0.15) is 0 Å². The second kappa shape index (κ2) is 4.14. The fourth-order valence-corrected chi connectivity index (χ4v) is 2.20. The molecule has 5 heteroatoms. The van der Waals surface area contributed by atoms with Gasteiger partial charge in [0.15, 0.2) is 0 Å². The number of fused-ring (bicyclic) bond motifs is 2. The van der Waals surface area contributed by atoms with Crippen LogP contribution in [0, 0.1) is 0 Å². The number of hydrogen-bond donors (Lipinski definition) is 2. The topological polar surface area (TPSA) is 71.1 Å². The third-order valence-corrected chi connectivity index (χ3v) is 2.93. The van der Waals surface area contributed by atoms with Crippen molar-refractivity contribution in [2.75, 3.05) is 19.6 Å². The van der Waals surface area contributed by atoms with E-state index in [1.807, 2.05) is 0 Å². The van der Waals surface area contributed by atoms with Crippen molar-refractivity contribution >= 4 is 5.84 Å². The van der Waals surface area contributed by atoms with Crippen LogP contribution < -0.4 is 5.73 Å². The molecule has 80 valence electrons. The fourth-order valence-electron chi connectivity index (χ4n) is 2.20. The van der Waals surface area contributed by atoms with Crippen LogP contribution in [0.5, 0.6) is 0 Å². The highest BCUT2D eigenvalue weighted by Gasteiger charge is 2.33. The maximum Gasteiger partial charge on any atom is 0.140 e. The Bertz CT molecular complexity index is 220. The number of likely N-dealkylation sites (tertiary alicyclic amines) is 1. The van der Waals surface area contributed by atoms with Gasteiger partial charge in [-0.3, -0.25) is 4.90 Å². The minimum atomic E-state index is 0.309. The van der Waals surface area contributed by atoms with Crippen LogP contribution in [-0.4, -0.2) is 47.8 Å². The van der Waals surface area contributed by atoms with Gasteiger partial charge < -0.3 is 15.7 Å². The van der Waals surface area contributed by atoms with Crippen LogP contribution in [0.25, 0.3) is 0 Å². The first-order valence-corrected chi connectivity index (χ1v) is 5.12.